The van der Waals surface area contributed by atoms with Crippen LogP contribution in [-0.2, 0) is 43.0 Å². The smallest absolute Gasteiger partial charge is 0.333 e. The van der Waals surface area contributed by atoms with Crippen molar-refractivity contribution in [1.82, 2.24) is 9.80 Å². The fourth-order valence-corrected chi connectivity index (χ4v) is 6.77. The van der Waals surface area contributed by atoms with E-state index < -0.39 is 47.5 Å². The van der Waals surface area contributed by atoms with Crippen LogP contribution < -0.4 is 0 Å². The Balaban J connectivity index is 1.68. The van der Waals surface area contributed by atoms with Gasteiger partial charge in [-0.05, 0) is 41.2 Å². The van der Waals surface area contributed by atoms with Crippen LogP contribution in [0.5, 0.6) is 0 Å². The molecular weight excluding hydrogens is 532 g/mol. The van der Waals surface area contributed by atoms with Gasteiger partial charge in [0.2, 0.25) is 17.5 Å². The molecule has 0 N–H and O–H groups in total. The molecule has 0 aromatic carbocycles. The number of Topliss-reactive ketones (excluding diaryl/α,β-unsaturated/α-hetero) is 4. The molecule has 4 atom stereocenters. The van der Waals surface area contributed by atoms with Crippen molar-refractivity contribution >= 4 is 35.0 Å². The van der Waals surface area contributed by atoms with Crippen LogP contribution in [0.1, 0.15) is 40.5 Å². The number of carbonyl (C=O) groups excluding carboxylic acids is 6. The lowest BCUT2D eigenvalue weighted by atomic mass is 9.69. The molecule has 3 aliphatic heterocycles. The maximum atomic E-state index is 14.2. The summed E-state index contributed by atoms with van der Waals surface area (Å²) in [5.74, 6) is -2.97. The summed E-state index contributed by atoms with van der Waals surface area (Å²) >= 11 is 0. The lowest BCUT2D eigenvalue weighted by Gasteiger charge is -2.57. The number of methoxy groups -OCH3 is 2. The van der Waals surface area contributed by atoms with Gasteiger partial charge in [0, 0.05) is 45.4 Å². The molecule has 0 aromatic heterocycles. The number of piperazine rings is 1. The number of hydrogen-bond acceptors (Lipinski definition) is 10. The van der Waals surface area contributed by atoms with Crippen molar-refractivity contribution in [3.05, 3.63) is 56.6 Å². The third-order valence-electron chi connectivity index (χ3n) is 8.97. The molecule has 0 saturated carbocycles. The zero-order valence-electron chi connectivity index (χ0n) is 24.1. The van der Waals surface area contributed by atoms with Crippen LogP contribution >= 0.6 is 0 Å². The number of ether oxygens (including phenoxy) is 3. The predicted molar refractivity (Wildman–Crippen MR) is 143 cm³/mol. The zero-order valence-corrected chi connectivity index (χ0v) is 24.1. The Labute approximate surface area is 237 Å². The number of esters is 1. The number of carbonyl (C=O) groups is 6. The highest BCUT2D eigenvalue weighted by Crippen LogP contribution is 2.47. The largest absolute Gasteiger partial charge is 0.492 e. The van der Waals surface area contributed by atoms with E-state index in [1.807, 2.05) is 0 Å². The Kier molecular flexibility index (Phi) is 6.97. The van der Waals surface area contributed by atoms with Crippen molar-refractivity contribution in [3.63, 3.8) is 0 Å². The fourth-order valence-electron chi connectivity index (χ4n) is 6.77. The van der Waals surface area contributed by atoms with Gasteiger partial charge in [-0.1, -0.05) is 6.08 Å². The van der Waals surface area contributed by atoms with E-state index >= 15 is 0 Å². The quantitative estimate of drug-likeness (QED) is 0.273. The van der Waals surface area contributed by atoms with Gasteiger partial charge in [0.25, 0.3) is 0 Å². The molecule has 11 nitrogen and oxygen atoms in total. The van der Waals surface area contributed by atoms with E-state index in [9.17, 15) is 28.8 Å². The first-order chi connectivity index (χ1) is 19.4. The Morgan fingerprint density at radius 1 is 0.878 bits per heavy atom. The topological polar surface area (TPSA) is 137 Å². The molecule has 5 aliphatic rings. The zero-order chi connectivity index (χ0) is 30.1. The highest BCUT2D eigenvalue weighted by Gasteiger charge is 2.59. The SMILES string of the molecule is C/C=C(/C)C(=O)OC[C@@H]1C2=C(C[C@@H]3[C@@H]4C5=C(C[C@H](C(=O)N13)N4C)C(=O)C(C)=C(OC)C5=O)C(=O)C(C)=C(OC)C2=O. The maximum Gasteiger partial charge on any atom is 0.333 e. The second-order valence-electron chi connectivity index (χ2n) is 10.9. The minimum atomic E-state index is -1.10. The van der Waals surface area contributed by atoms with Gasteiger partial charge < -0.3 is 19.1 Å². The van der Waals surface area contributed by atoms with Gasteiger partial charge in [0.05, 0.1) is 38.4 Å². The number of nitrogens with zero attached hydrogens (tertiary/aromatic N) is 2. The molecule has 216 valence electrons. The van der Waals surface area contributed by atoms with Crippen molar-refractivity contribution in [2.75, 3.05) is 27.9 Å². The molecule has 5 rings (SSSR count). The molecule has 1 fully saturated rings. The van der Waals surface area contributed by atoms with Gasteiger partial charge in [0.1, 0.15) is 6.61 Å². The summed E-state index contributed by atoms with van der Waals surface area (Å²) in [6.45, 7) is 5.89. The molecule has 1 saturated heterocycles. The minimum absolute atomic E-state index is 0.00536. The molecule has 1 amide bonds. The first-order valence-electron chi connectivity index (χ1n) is 13.4. The molecule has 0 radical (unpaired) electrons. The Hall–Kier alpha value is -4.12. The van der Waals surface area contributed by atoms with Crippen molar-refractivity contribution in [2.45, 2.75) is 64.7 Å². The summed E-state index contributed by atoms with van der Waals surface area (Å²) in [4.78, 5) is 84.5. The minimum Gasteiger partial charge on any atom is -0.492 e. The first kappa shape index (κ1) is 28.4. The maximum absolute atomic E-state index is 14.2. The predicted octanol–water partition coefficient (Wildman–Crippen LogP) is 1.29. The van der Waals surface area contributed by atoms with E-state index in [0.717, 1.165) is 0 Å². The summed E-state index contributed by atoms with van der Waals surface area (Å²) in [6.07, 6.45) is 1.53. The number of rotatable bonds is 5. The highest BCUT2D eigenvalue weighted by molar-refractivity contribution is 6.27. The Morgan fingerprint density at radius 2 is 1.41 bits per heavy atom. The van der Waals surface area contributed by atoms with Gasteiger partial charge in [-0.3, -0.25) is 28.9 Å². The Bertz CT molecular complexity index is 1500. The van der Waals surface area contributed by atoms with E-state index in [0.29, 0.717) is 5.57 Å². The molecule has 0 unspecified atom stereocenters. The second-order valence-corrected chi connectivity index (χ2v) is 10.9. The monoisotopic (exact) mass is 564 g/mol. The summed E-state index contributed by atoms with van der Waals surface area (Å²) in [7, 11) is 4.32. The van der Waals surface area contributed by atoms with Gasteiger partial charge in [-0.15, -0.1) is 0 Å². The molecule has 11 heteroatoms. The Morgan fingerprint density at radius 3 is 1.95 bits per heavy atom. The second kappa shape index (κ2) is 10.1. The lowest BCUT2D eigenvalue weighted by molar-refractivity contribution is -0.159. The van der Waals surface area contributed by atoms with E-state index in [4.69, 9.17) is 14.2 Å². The lowest BCUT2D eigenvalue weighted by Crippen LogP contribution is -2.73. The number of fused-ring (bicyclic) bond motifs is 5. The third kappa shape index (κ3) is 3.89. The summed E-state index contributed by atoms with van der Waals surface area (Å²) in [6, 6.07) is -3.48. The molecule has 41 heavy (non-hydrogen) atoms. The van der Waals surface area contributed by atoms with Crippen LogP contribution in [0.2, 0.25) is 0 Å². The number of likely N-dealkylation sites (N-methyl/N-ethyl adjacent to an activating group) is 1. The normalized spacial score (nSPS) is 28.7. The van der Waals surface area contributed by atoms with Gasteiger partial charge in [-0.2, -0.15) is 0 Å². The van der Waals surface area contributed by atoms with Crippen molar-refractivity contribution < 1.29 is 43.0 Å². The van der Waals surface area contributed by atoms with Gasteiger partial charge in [0.15, 0.2) is 23.1 Å². The van der Waals surface area contributed by atoms with Gasteiger partial charge >= 0.3 is 5.97 Å². The van der Waals surface area contributed by atoms with E-state index in [1.165, 1.54) is 33.0 Å². The summed E-state index contributed by atoms with van der Waals surface area (Å²) in [5.41, 5.74) is 1.37. The average Bonchev–Trinajstić information content (AvgIpc) is 2.95. The standard InChI is InChI=1S/C30H32N2O9/c1-8-12(2)30(38)41-11-19-20-15(23(33)13(3)27(39-6)25(20)35)9-17-22-21-16(10-18(31(22)5)29(37)32(17)19)24(34)14(4)28(40-7)26(21)36/h8,17-19,22H,9-11H2,1-7H3/b12-8-/t17-,18-,19-,22-/m1/s1. The van der Waals surface area contributed by atoms with Crippen molar-refractivity contribution in [2.24, 2.45) is 0 Å². The molecule has 2 aliphatic carbocycles. The van der Waals surface area contributed by atoms with Crippen LogP contribution in [0.4, 0.5) is 0 Å². The highest BCUT2D eigenvalue weighted by atomic mass is 16.5. The van der Waals surface area contributed by atoms with Crippen LogP contribution in [0.15, 0.2) is 56.6 Å². The van der Waals surface area contributed by atoms with Crippen LogP contribution in [0, 0.1) is 0 Å². The van der Waals surface area contributed by atoms with Crippen molar-refractivity contribution in [3.8, 4) is 0 Å². The molecule has 3 heterocycles. The summed E-state index contributed by atoms with van der Waals surface area (Å²) < 4.78 is 16.2. The van der Waals surface area contributed by atoms with Crippen LogP contribution in [-0.4, -0.2) is 96.9 Å². The van der Waals surface area contributed by atoms with E-state index in [-0.39, 0.29) is 76.1 Å². The van der Waals surface area contributed by atoms with E-state index in [1.54, 1.807) is 31.9 Å². The van der Waals surface area contributed by atoms with Crippen LogP contribution in [0.3, 0.4) is 0 Å². The molecule has 2 bridgehead atoms. The average molecular weight is 565 g/mol. The first-order valence-corrected chi connectivity index (χ1v) is 13.4. The van der Waals surface area contributed by atoms with Crippen molar-refractivity contribution in [1.29, 1.82) is 0 Å². The number of amides is 1. The molecular formula is C30H32N2O9. The number of allylic oxidation sites excluding steroid dienone is 5. The number of hydrogen-bond donors (Lipinski definition) is 0. The number of ketones is 4. The molecule has 0 aromatic rings. The molecule has 0 spiro atoms. The van der Waals surface area contributed by atoms with Gasteiger partial charge in [-0.25, -0.2) is 4.79 Å². The fraction of sp³-hybridized carbons (Fsp3) is 0.467. The van der Waals surface area contributed by atoms with Crippen LogP contribution in [0.25, 0.3) is 0 Å². The van der Waals surface area contributed by atoms with E-state index in [2.05, 4.69) is 0 Å². The third-order valence-corrected chi connectivity index (χ3v) is 8.97. The summed E-state index contributed by atoms with van der Waals surface area (Å²) in [5, 5.41) is 0.